The molecule has 0 spiro atoms. The number of aromatic amines is 1. The van der Waals surface area contributed by atoms with Gasteiger partial charge in [-0.15, -0.1) is 0 Å². The van der Waals surface area contributed by atoms with Gasteiger partial charge in [-0.25, -0.2) is 4.79 Å². The fourth-order valence-electron chi connectivity index (χ4n) is 2.26. The number of H-pyrrole nitrogens is 1. The van der Waals surface area contributed by atoms with Gasteiger partial charge in [-0.2, -0.15) is 5.10 Å². The van der Waals surface area contributed by atoms with E-state index in [1.54, 1.807) is 6.20 Å². The number of carbonyl (C=O) groups excluding carboxylic acids is 1. The summed E-state index contributed by atoms with van der Waals surface area (Å²) in [7, 11) is 0. The molecule has 6 nitrogen and oxygen atoms in total. The van der Waals surface area contributed by atoms with E-state index in [1.807, 2.05) is 30.3 Å². The van der Waals surface area contributed by atoms with E-state index in [2.05, 4.69) is 20.8 Å². The van der Waals surface area contributed by atoms with Crippen LogP contribution in [0.5, 0.6) is 5.75 Å². The molecule has 0 saturated heterocycles. The zero-order valence-electron chi connectivity index (χ0n) is 10.9. The maximum atomic E-state index is 11.9. The lowest BCUT2D eigenvalue weighted by Gasteiger charge is -2.26. The molecule has 1 atom stereocenters. The third kappa shape index (κ3) is 2.74. The van der Waals surface area contributed by atoms with Crippen molar-refractivity contribution in [3.63, 3.8) is 0 Å². The Kier molecular flexibility index (Phi) is 3.54. The van der Waals surface area contributed by atoms with Gasteiger partial charge in [0.15, 0.2) is 0 Å². The van der Waals surface area contributed by atoms with Crippen molar-refractivity contribution < 1.29 is 9.53 Å². The van der Waals surface area contributed by atoms with Crippen LogP contribution in [-0.2, 0) is 6.54 Å². The maximum Gasteiger partial charge on any atom is 0.315 e. The molecule has 0 radical (unpaired) electrons. The third-order valence-electron chi connectivity index (χ3n) is 3.26. The Labute approximate surface area is 116 Å². The molecule has 1 aromatic heterocycles. The molecule has 1 aromatic carbocycles. The Morgan fingerprint density at radius 2 is 2.30 bits per heavy atom. The minimum Gasteiger partial charge on any atom is -0.493 e. The van der Waals surface area contributed by atoms with E-state index in [0.717, 1.165) is 23.4 Å². The van der Waals surface area contributed by atoms with Crippen LogP contribution in [0.1, 0.15) is 23.7 Å². The van der Waals surface area contributed by atoms with Gasteiger partial charge in [0.1, 0.15) is 5.75 Å². The summed E-state index contributed by atoms with van der Waals surface area (Å²) < 4.78 is 5.57. The van der Waals surface area contributed by atoms with E-state index >= 15 is 0 Å². The normalized spacial score (nSPS) is 16.9. The van der Waals surface area contributed by atoms with Gasteiger partial charge in [0.05, 0.1) is 24.9 Å². The summed E-state index contributed by atoms with van der Waals surface area (Å²) in [6.45, 7) is 1.04. The highest BCUT2D eigenvalue weighted by atomic mass is 16.5. The number of para-hydroxylation sites is 1. The number of fused-ring (bicyclic) bond motifs is 1. The van der Waals surface area contributed by atoms with Crippen molar-refractivity contribution in [2.24, 2.45) is 0 Å². The smallest absolute Gasteiger partial charge is 0.315 e. The molecular formula is C14H16N4O2. The Morgan fingerprint density at radius 1 is 1.40 bits per heavy atom. The number of rotatable bonds is 3. The first-order valence-corrected chi connectivity index (χ1v) is 6.57. The van der Waals surface area contributed by atoms with Crippen molar-refractivity contribution in [2.75, 3.05) is 6.61 Å². The molecule has 20 heavy (non-hydrogen) atoms. The highest BCUT2D eigenvalue weighted by molar-refractivity contribution is 5.74. The molecular weight excluding hydrogens is 256 g/mol. The fraction of sp³-hybridized carbons (Fsp3) is 0.286. The van der Waals surface area contributed by atoms with Crippen LogP contribution in [0.25, 0.3) is 0 Å². The molecule has 0 fully saturated rings. The Balaban J connectivity index is 1.59. The molecule has 0 bridgehead atoms. The number of benzene rings is 1. The van der Waals surface area contributed by atoms with Gasteiger partial charge in [-0.1, -0.05) is 18.2 Å². The number of ether oxygens (including phenoxy) is 1. The average molecular weight is 272 g/mol. The Bertz CT molecular complexity index is 583. The van der Waals surface area contributed by atoms with Gasteiger partial charge in [0.25, 0.3) is 0 Å². The lowest BCUT2D eigenvalue weighted by molar-refractivity contribution is 0.223. The number of aromatic nitrogens is 2. The second-order valence-electron chi connectivity index (χ2n) is 4.64. The van der Waals surface area contributed by atoms with Crippen LogP contribution in [0.3, 0.4) is 0 Å². The predicted molar refractivity (Wildman–Crippen MR) is 73.3 cm³/mol. The standard InChI is InChI=1S/C14H16N4O2/c19-14(15-9-10-5-7-16-18-10)17-12-6-8-20-13-4-2-1-3-11(12)13/h1-5,7,12H,6,8-9H2,(H,16,18)(H2,15,17,19)/t12-/m1/s1. The van der Waals surface area contributed by atoms with Crippen molar-refractivity contribution >= 4 is 6.03 Å². The maximum absolute atomic E-state index is 11.9. The second-order valence-corrected chi connectivity index (χ2v) is 4.64. The quantitative estimate of drug-likeness (QED) is 0.796. The van der Waals surface area contributed by atoms with Crippen LogP contribution in [0.2, 0.25) is 0 Å². The van der Waals surface area contributed by atoms with Gasteiger partial charge in [0, 0.05) is 18.2 Å². The number of amides is 2. The Morgan fingerprint density at radius 3 is 3.15 bits per heavy atom. The summed E-state index contributed by atoms with van der Waals surface area (Å²) in [4.78, 5) is 11.9. The van der Waals surface area contributed by atoms with Crippen molar-refractivity contribution in [3.8, 4) is 5.75 Å². The lowest BCUT2D eigenvalue weighted by Crippen LogP contribution is -2.39. The molecule has 0 unspecified atom stereocenters. The van der Waals surface area contributed by atoms with Crippen molar-refractivity contribution in [1.82, 2.24) is 20.8 Å². The Hall–Kier alpha value is -2.50. The third-order valence-corrected chi connectivity index (χ3v) is 3.26. The fourth-order valence-corrected chi connectivity index (χ4v) is 2.26. The number of nitrogens with one attached hydrogen (secondary N) is 3. The van der Waals surface area contributed by atoms with Crippen molar-refractivity contribution in [2.45, 2.75) is 19.0 Å². The summed E-state index contributed by atoms with van der Waals surface area (Å²) in [5.74, 6) is 0.845. The van der Waals surface area contributed by atoms with Crippen molar-refractivity contribution in [1.29, 1.82) is 0 Å². The van der Waals surface area contributed by atoms with Crippen LogP contribution in [-0.4, -0.2) is 22.8 Å². The van der Waals surface area contributed by atoms with E-state index in [-0.39, 0.29) is 12.1 Å². The van der Waals surface area contributed by atoms with Crippen LogP contribution in [0.4, 0.5) is 4.79 Å². The molecule has 0 aliphatic carbocycles. The van der Waals surface area contributed by atoms with Gasteiger partial charge in [-0.3, -0.25) is 5.10 Å². The van der Waals surface area contributed by atoms with E-state index in [1.165, 1.54) is 0 Å². The van der Waals surface area contributed by atoms with E-state index in [4.69, 9.17) is 4.74 Å². The topological polar surface area (TPSA) is 79.0 Å². The zero-order chi connectivity index (χ0) is 13.8. The van der Waals surface area contributed by atoms with Crippen LogP contribution in [0, 0.1) is 0 Å². The zero-order valence-corrected chi connectivity index (χ0v) is 10.9. The minimum atomic E-state index is -0.193. The number of carbonyl (C=O) groups is 1. The molecule has 3 N–H and O–H groups in total. The number of hydrogen-bond donors (Lipinski definition) is 3. The summed E-state index contributed by atoms with van der Waals surface area (Å²) in [6.07, 6.45) is 2.43. The number of urea groups is 1. The molecule has 1 aliphatic heterocycles. The molecule has 1 aliphatic rings. The van der Waals surface area contributed by atoms with Gasteiger partial charge >= 0.3 is 6.03 Å². The first-order valence-electron chi connectivity index (χ1n) is 6.57. The molecule has 2 amide bonds. The van der Waals surface area contributed by atoms with Crippen LogP contribution in [0.15, 0.2) is 36.5 Å². The molecule has 104 valence electrons. The summed E-state index contributed by atoms with van der Waals surface area (Å²) in [5, 5.41) is 12.4. The molecule has 0 saturated carbocycles. The number of hydrogen-bond acceptors (Lipinski definition) is 3. The van der Waals surface area contributed by atoms with Gasteiger partial charge in [0.2, 0.25) is 0 Å². The predicted octanol–water partition coefficient (Wildman–Crippen LogP) is 1.73. The van der Waals surface area contributed by atoms with E-state index in [0.29, 0.717) is 13.2 Å². The monoisotopic (exact) mass is 272 g/mol. The molecule has 3 rings (SSSR count). The second kappa shape index (κ2) is 5.64. The average Bonchev–Trinajstić information content (AvgIpc) is 2.99. The molecule has 2 aromatic rings. The van der Waals surface area contributed by atoms with E-state index < -0.39 is 0 Å². The minimum absolute atomic E-state index is 0.0123. The summed E-state index contributed by atoms with van der Waals surface area (Å²) in [5.41, 5.74) is 1.89. The first kappa shape index (κ1) is 12.5. The van der Waals surface area contributed by atoms with Gasteiger partial charge < -0.3 is 15.4 Å². The van der Waals surface area contributed by atoms with Crippen molar-refractivity contribution in [3.05, 3.63) is 47.8 Å². The van der Waals surface area contributed by atoms with E-state index in [9.17, 15) is 4.79 Å². The SMILES string of the molecule is O=C(NCc1ccn[nH]1)N[C@@H]1CCOc2ccccc21. The highest BCUT2D eigenvalue weighted by Crippen LogP contribution is 2.31. The highest BCUT2D eigenvalue weighted by Gasteiger charge is 2.22. The summed E-state index contributed by atoms with van der Waals surface area (Å²) in [6, 6.07) is 9.40. The lowest BCUT2D eigenvalue weighted by atomic mass is 10.0. The molecule has 6 heteroatoms. The van der Waals surface area contributed by atoms with Gasteiger partial charge in [-0.05, 0) is 12.1 Å². The van der Waals surface area contributed by atoms with Crippen LogP contribution < -0.4 is 15.4 Å². The molecule has 2 heterocycles. The van der Waals surface area contributed by atoms with Crippen LogP contribution >= 0.6 is 0 Å². The number of nitrogens with zero attached hydrogens (tertiary/aromatic N) is 1. The largest absolute Gasteiger partial charge is 0.493 e. The summed E-state index contributed by atoms with van der Waals surface area (Å²) >= 11 is 0. The first-order chi connectivity index (χ1) is 9.83.